The Hall–Kier alpha value is -1.12. The number of aryl methyl sites for hydroxylation is 1. The summed E-state index contributed by atoms with van der Waals surface area (Å²) < 4.78 is 0. The normalized spacial score (nSPS) is 16.0. The lowest BCUT2D eigenvalue weighted by Crippen LogP contribution is -2.39. The van der Waals surface area contributed by atoms with E-state index in [-0.39, 0.29) is 24.0 Å². The summed E-state index contributed by atoms with van der Waals surface area (Å²) in [6, 6.07) is 10.9. The molecule has 2 heterocycles. The molecule has 3 N–H and O–H groups in total. The topological polar surface area (TPSA) is 53.6 Å². The molecule has 4 nitrogen and oxygen atoms in total. The predicted octanol–water partition coefficient (Wildman–Crippen LogP) is 4.10. The highest BCUT2D eigenvalue weighted by Gasteiger charge is 2.21. The number of thiophene rings is 1. The molecule has 1 aliphatic heterocycles. The van der Waals surface area contributed by atoms with Gasteiger partial charge in [0, 0.05) is 29.7 Å². The van der Waals surface area contributed by atoms with Gasteiger partial charge in [-0.25, -0.2) is 0 Å². The summed E-state index contributed by atoms with van der Waals surface area (Å²) in [5.41, 5.74) is 9.83. The quantitative estimate of drug-likeness (QED) is 0.393. The number of guanidine groups is 1. The van der Waals surface area contributed by atoms with Gasteiger partial charge in [-0.3, -0.25) is 9.89 Å². The third-order valence-corrected chi connectivity index (χ3v) is 5.62. The van der Waals surface area contributed by atoms with Gasteiger partial charge in [0.2, 0.25) is 0 Å². The Kier molecular flexibility index (Phi) is 7.71. The van der Waals surface area contributed by atoms with Crippen molar-refractivity contribution in [2.24, 2.45) is 10.7 Å². The molecule has 0 saturated heterocycles. The molecular formula is C19H27IN4S. The van der Waals surface area contributed by atoms with Crippen molar-refractivity contribution in [3.8, 4) is 0 Å². The number of rotatable bonds is 5. The van der Waals surface area contributed by atoms with Crippen LogP contribution in [0.25, 0.3) is 0 Å². The standard InChI is InChI=1S/C19H26N4S.HI/c1-3-15-5-4-6-17(11-15)22-19(20)21-12-14(2)23-9-7-18-16(13-23)8-10-24-18;/h4-6,8,10-11,14H,3,7,9,12-13H2,1-2H3,(H3,20,21,22);1H. The molecule has 25 heavy (non-hydrogen) atoms. The van der Waals surface area contributed by atoms with Crippen LogP contribution in [0.15, 0.2) is 40.7 Å². The molecule has 1 atom stereocenters. The second kappa shape index (κ2) is 9.54. The molecule has 6 heteroatoms. The summed E-state index contributed by atoms with van der Waals surface area (Å²) in [7, 11) is 0. The Morgan fingerprint density at radius 1 is 1.40 bits per heavy atom. The second-order valence-corrected chi connectivity index (χ2v) is 7.34. The van der Waals surface area contributed by atoms with Crippen LogP contribution in [0.2, 0.25) is 0 Å². The highest BCUT2D eigenvalue weighted by Crippen LogP contribution is 2.25. The van der Waals surface area contributed by atoms with Gasteiger partial charge in [-0.05, 0) is 54.5 Å². The molecule has 0 aliphatic carbocycles. The summed E-state index contributed by atoms with van der Waals surface area (Å²) >= 11 is 1.88. The van der Waals surface area contributed by atoms with Crippen molar-refractivity contribution < 1.29 is 0 Å². The molecule has 3 rings (SSSR count). The van der Waals surface area contributed by atoms with E-state index in [1.807, 2.05) is 23.5 Å². The van der Waals surface area contributed by atoms with E-state index in [2.05, 4.69) is 52.6 Å². The van der Waals surface area contributed by atoms with Crippen molar-refractivity contribution in [2.75, 3.05) is 18.4 Å². The molecule has 0 spiro atoms. The largest absolute Gasteiger partial charge is 0.370 e. The summed E-state index contributed by atoms with van der Waals surface area (Å²) in [4.78, 5) is 8.57. The van der Waals surface area contributed by atoms with Gasteiger partial charge in [-0.2, -0.15) is 0 Å². The number of benzene rings is 1. The maximum atomic E-state index is 6.06. The molecule has 1 aliphatic rings. The van der Waals surface area contributed by atoms with E-state index in [1.54, 1.807) is 4.88 Å². The zero-order valence-corrected chi connectivity index (χ0v) is 18.0. The number of nitrogens with two attached hydrogens (primary N) is 1. The van der Waals surface area contributed by atoms with Crippen LogP contribution < -0.4 is 11.1 Å². The molecule has 1 aromatic carbocycles. The number of aliphatic imine (C=N–C) groups is 1. The van der Waals surface area contributed by atoms with E-state index in [9.17, 15) is 0 Å². The second-order valence-electron chi connectivity index (χ2n) is 6.34. The highest BCUT2D eigenvalue weighted by atomic mass is 127. The number of hydrogen-bond donors (Lipinski definition) is 2. The number of anilines is 1. The average molecular weight is 470 g/mol. The molecular weight excluding hydrogens is 443 g/mol. The van der Waals surface area contributed by atoms with E-state index in [1.165, 1.54) is 11.1 Å². The minimum absolute atomic E-state index is 0. The molecule has 0 saturated carbocycles. The van der Waals surface area contributed by atoms with Gasteiger partial charge in [0.15, 0.2) is 5.96 Å². The first-order valence-electron chi connectivity index (χ1n) is 8.61. The minimum Gasteiger partial charge on any atom is -0.370 e. The highest BCUT2D eigenvalue weighted by molar-refractivity contribution is 14.0. The number of hydrogen-bond acceptors (Lipinski definition) is 3. The smallest absolute Gasteiger partial charge is 0.193 e. The van der Waals surface area contributed by atoms with E-state index >= 15 is 0 Å². The summed E-state index contributed by atoms with van der Waals surface area (Å²) in [5.74, 6) is 0.489. The van der Waals surface area contributed by atoms with Crippen LogP contribution in [0.5, 0.6) is 0 Å². The fraction of sp³-hybridized carbons (Fsp3) is 0.421. The molecule has 0 fully saturated rings. The van der Waals surface area contributed by atoms with Crippen molar-refractivity contribution in [2.45, 2.75) is 39.3 Å². The fourth-order valence-corrected chi connectivity index (χ4v) is 3.94. The molecule has 2 aromatic rings. The van der Waals surface area contributed by atoms with Crippen molar-refractivity contribution in [3.63, 3.8) is 0 Å². The number of nitrogens with zero attached hydrogens (tertiary/aromatic N) is 2. The lowest BCUT2D eigenvalue weighted by atomic mass is 10.1. The van der Waals surface area contributed by atoms with Crippen molar-refractivity contribution >= 4 is 47.0 Å². The molecule has 136 valence electrons. The maximum absolute atomic E-state index is 6.06. The number of fused-ring (bicyclic) bond motifs is 1. The van der Waals surface area contributed by atoms with Gasteiger partial charge in [0.25, 0.3) is 0 Å². The van der Waals surface area contributed by atoms with Gasteiger partial charge in [0.1, 0.15) is 0 Å². The SMILES string of the molecule is CCc1cccc(NC(N)=NCC(C)N2CCc3sccc3C2)c1.I. The first kappa shape index (κ1) is 20.2. The minimum atomic E-state index is 0. The first-order chi connectivity index (χ1) is 11.7. The average Bonchev–Trinajstić information content (AvgIpc) is 3.07. The fourth-order valence-electron chi connectivity index (χ4n) is 3.05. The van der Waals surface area contributed by atoms with Crippen LogP contribution in [0.1, 0.15) is 29.9 Å². The molecule has 0 radical (unpaired) electrons. The Balaban J connectivity index is 0.00000225. The molecule has 1 unspecified atom stereocenters. The van der Waals surface area contributed by atoms with Crippen LogP contribution in [-0.2, 0) is 19.4 Å². The maximum Gasteiger partial charge on any atom is 0.193 e. The van der Waals surface area contributed by atoms with Gasteiger partial charge >= 0.3 is 0 Å². The third-order valence-electron chi connectivity index (χ3n) is 4.59. The van der Waals surface area contributed by atoms with Crippen LogP contribution in [-0.4, -0.2) is 30.0 Å². The van der Waals surface area contributed by atoms with Gasteiger partial charge in [-0.15, -0.1) is 35.3 Å². The Morgan fingerprint density at radius 2 is 2.24 bits per heavy atom. The van der Waals surface area contributed by atoms with Gasteiger partial charge < -0.3 is 11.1 Å². The van der Waals surface area contributed by atoms with E-state index in [0.29, 0.717) is 18.5 Å². The van der Waals surface area contributed by atoms with Gasteiger partial charge in [-0.1, -0.05) is 19.1 Å². The Labute approximate surface area is 171 Å². The third kappa shape index (κ3) is 5.43. The lowest BCUT2D eigenvalue weighted by Gasteiger charge is -2.31. The van der Waals surface area contributed by atoms with Crippen molar-refractivity contribution in [1.29, 1.82) is 0 Å². The Bertz CT molecular complexity index is 713. The predicted molar refractivity (Wildman–Crippen MR) is 119 cm³/mol. The molecule has 0 amide bonds. The van der Waals surface area contributed by atoms with Gasteiger partial charge in [0.05, 0.1) is 6.54 Å². The summed E-state index contributed by atoms with van der Waals surface area (Å²) in [6.45, 7) is 7.23. The Morgan fingerprint density at radius 3 is 3.04 bits per heavy atom. The van der Waals surface area contributed by atoms with Crippen molar-refractivity contribution in [1.82, 2.24) is 4.90 Å². The van der Waals surface area contributed by atoms with E-state index in [0.717, 1.165) is 31.6 Å². The van der Waals surface area contributed by atoms with Crippen LogP contribution in [0.3, 0.4) is 0 Å². The van der Waals surface area contributed by atoms with E-state index in [4.69, 9.17) is 5.73 Å². The zero-order chi connectivity index (χ0) is 16.9. The first-order valence-corrected chi connectivity index (χ1v) is 9.49. The van der Waals surface area contributed by atoms with Crippen LogP contribution in [0, 0.1) is 0 Å². The lowest BCUT2D eigenvalue weighted by molar-refractivity contribution is 0.197. The molecule has 0 bridgehead atoms. The summed E-state index contributed by atoms with van der Waals surface area (Å²) in [6.07, 6.45) is 2.17. The number of halogens is 1. The number of nitrogens with one attached hydrogen (secondary N) is 1. The summed E-state index contributed by atoms with van der Waals surface area (Å²) in [5, 5.41) is 5.40. The van der Waals surface area contributed by atoms with E-state index < -0.39 is 0 Å². The monoisotopic (exact) mass is 470 g/mol. The van der Waals surface area contributed by atoms with Crippen molar-refractivity contribution in [3.05, 3.63) is 51.7 Å². The zero-order valence-electron chi connectivity index (χ0n) is 14.9. The van der Waals surface area contributed by atoms with Crippen LogP contribution in [0.4, 0.5) is 5.69 Å². The molecule has 1 aromatic heterocycles. The van der Waals surface area contributed by atoms with Crippen LogP contribution >= 0.6 is 35.3 Å².